The van der Waals surface area contributed by atoms with E-state index in [1.165, 1.54) is 6.92 Å². The van der Waals surface area contributed by atoms with Gasteiger partial charge in [0.25, 0.3) is 0 Å². The van der Waals surface area contributed by atoms with Crippen LogP contribution in [0.5, 0.6) is 0 Å². The Kier molecular flexibility index (Phi) is 9.58. The first kappa shape index (κ1) is 36.7. The number of hydrogen-bond acceptors (Lipinski definition) is 10. The van der Waals surface area contributed by atoms with Crippen LogP contribution in [0.4, 0.5) is 0 Å². The molecule has 1 aliphatic heterocycles. The Morgan fingerprint density at radius 3 is 2.31 bits per heavy atom. The maximum Gasteiger partial charge on any atom is 0.303 e. The van der Waals surface area contributed by atoms with Gasteiger partial charge in [-0.1, -0.05) is 46.3 Å². The summed E-state index contributed by atoms with van der Waals surface area (Å²) in [6, 6.07) is 0. The Balaban J connectivity index is 1.23. The maximum absolute atomic E-state index is 12.2. The minimum Gasteiger partial charge on any atom is -0.454 e. The van der Waals surface area contributed by atoms with Crippen LogP contribution in [0.3, 0.4) is 0 Å². The molecule has 2 spiro atoms. The van der Waals surface area contributed by atoms with Crippen LogP contribution in [-0.2, 0) is 19.0 Å². The summed E-state index contributed by atoms with van der Waals surface area (Å²) in [4.78, 5) is 11.9. The van der Waals surface area contributed by atoms with Crippen LogP contribution in [0, 0.1) is 50.7 Å². The minimum atomic E-state index is -1.48. The summed E-state index contributed by atoms with van der Waals surface area (Å²) >= 11 is 0. The van der Waals surface area contributed by atoms with Crippen LogP contribution >= 0.6 is 0 Å². The molecule has 0 bridgehead atoms. The Hall–Kier alpha value is -1.11. The summed E-state index contributed by atoms with van der Waals surface area (Å²) in [5.41, 5.74) is 0.435. The van der Waals surface area contributed by atoms with Crippen molar-refractivity contribution in [2.24, 2.45) is 50.7 Å². The van der Waals surface area contributed by atoms with Crippen LogP contribution in [0.2, 0.25) is 0 Å². The lowest BCUT2D eigenvalue weighted by Crippen LogP contribution is -2.64. The second-order valence-corrected chi connectivity index (χ2v) is 18.0. The fourth-order valence-corrected chi connectivity index (χ4v) is 13.2. The predicted molar refractivity (Wildman–Crippen MR) is 177 cm³/mol. The van der Waals surface area contributed by atoms with Gasteiger partial charge < -0.3 is 44.8 Å². The number of aliphatic hydroxyl groups is 6. The number of ether oxygens (including phenoxy) is 3. The average molecular weight is 679 g/mol. The summed E-state index contributed by atoms with van der Waals surface area (Å²) < 4.78 is 17.9. The molecule has 5 saturated carbocycles. The van der Waals surface area contributed by atoms with E-state index in [4.69, 9.17) is 14.2 Å². The van der Waals surface area contributed by atoms with Crippen LogP contribution in [0.25, 0.3) is 0 Å². The quantitative estimate of drug-likeness (QED) is 0.121. The van der Waals surface area contributed by atoms with E-state index in [1.807, 2.05) is 6.92 Å². The number of hydrogen-bond donors (Lipinski definition) is 6. The first-order chi connectivity index (χ1) is 22.4. The molecule has 0 aromatic rings. The second-order valence-electron chi connectivity index (χ2n) is 18.0. The number of carbonyl (C=O) groups excluding carboxylic acids is 1. The van der Waals surface area contributed by atoms with Crippen molar-refractivity contribution in [1.29, 1.82) is 0 Å². The summed E-state index contributed by atoms with van der Waals surface area (Å²) in [6.45, 7) is 14.1. The van der Waals surface area contributed by atoms with E-state index < -0.39 is 54.8 Å². The third-order valence-electron chi connectivity index (χ3n) is 15.5. The zero-order valence-corrected chi connectivity index (χ0v) is 30.1. The smallest absolute Gasteiger partial charge is 0.303 e. The number of fused-ring (bicyclic) bond motifs is 2. The molecule has 0 unspecified atom stereocenters. The van der Waals surface area contributed by atoms with Crippen molar-refractivity contribution in [1.82, 2.24) is 0 Å². The molecular weight excluding hydrogens is 616 g/mol. The van der Waals surface area contributed by atoms with Gasteiger partial charge in [0.15, 0.2) is 12.4 Å². The standard InChI is InChI=1S/C38H62O10/c1-20(17-39)9-8-10-21(2)28-24(43)16-36(7)26-15-23(42)32-34(4,5)27(11-12-38(32)19-37(26,38)14-13-35(28,36)6)48-33-31(46-22(3)41)30(45)29(44)25(18-40)47-33/h9,21,23-33,39-40,42-45H,8,10-19H2,1-7H3/b20-9+/t21-,23+,24+,25-,26+,27+,28+,29-,30+,31-,32+,33+,35-,36+,37+,38-/m1/s1. The molecule has 1 heterocycles. The maximum atomic E-state index is 12.2. The highest BCUT2D eigenvalue weighted by atomic mass is 16.7. The molecule has 10 nitrogen and oxygen atoms in total. The van der Waals surface area contributed by atoms with E-state index in [1.54, 1.807) is 0 Å². The van der Waals surface area contributed by atoms with E-state index in [0.717, 1.165) is 50.5 Å². The van der Waals surface area contributed by atoms with Gasteiger partial charge in [-0.25, -0.2) is 0 Å². The lowest BCUT2D eigenvalue weighted by molar-refractivity contribution is -0.330. The summed E-state index contributed by atoms with van der Waals surface area (Å²) in [5.74, 6) is 0.165. The van der Waals surface area contributed by atoms with Crippen molar-refractivity contribution in [2.75, 3.05) is 13.2 Å². The number of carbonyl (C=O) groups is 1. The molecule has 0 aromatic carbocycles. The van der Waals surface area contributed by atoms with Gasteiger partial charge >= 0.3 is 5.97 Å². The molecule has 10 heteroatoms. The zero-order valence-electron chi connectivity index (χ0n) is 30.1. The van der Waals surface area contributed by atoms with Crippen LogP contribution < -0.4 is 0 Å². The Morgan fingerprint density at radius 2 is 1.67 bits per heavy atom. The van der Waals surface area contributed by atoms with Crippen LogP contribution in [-0.4, -0.2) is 98.8 Å². The third-order valence-corrected chi connectivity index (χ3v) is 15.5. The Bertz CT molecular complexity index is 1250. The van der Waals surface area contributed by atoms with E-state index in [0.29, 0.717) is 24.7 Å². The summed E-state index contributed by atoms with van der Waals surface area (Å²) in [7, 11) is 0. The molecule has 5 aliphatic carbocycles. The normalized spacial score (nSPS) is 51.6. The molecule has 0 radical (unpaired) electrons. The molecule has 0 aromatic heterocycles. The van der Waals surface area contributed by atoms with Gasteiger partial charge in [0.2, 0.25) is 0 Å². The lowest BCUT2D eigenvalue weighted by Gasteiger charge is -2.64. The van der Waals surface area contributed by atoms with Crippen LogP contribution in [0.1, 0.15) is 106 Å². The first-order valence-corrected chi connectivity index (χ1v) is 18.5. The van der Waals surface area contributed by atoms with Gasteiger partial charge in [0, 0.05) is 6.92 Å². The molecule has 0 amide bonds. The minimum absolute atomic E-state index is 0.0314. The van der Waals surface area contributed by atoms with Gasteiger partial charge in [0.05, 0.1) is 31.5 Å². The largest absolute Gasteiger partial charge is 0.454 e. The Morgan fingerprint density at radius 1 is 0.958 bits per heavy atom. The van der Waals surface area contributed by atoms with E-state index in [-0.39, 0.29) is 52.3 Å². The topological polar surface area (TPSA) is 166 Å². The van der Waals surface area contributed by atoms with Crippen molar-refractivity contribution in [3.8, 4) is 0 Å². The number of esters is 1. The second kappa shape index (κ2) is 12.5. The van der Waals surface area contributed by atoms with Gasteiger partial charge in [-0.05, 0) is 115 Å². The molecule has 48 heavy (non-hydrogen) atoms. The predicted octanol–water partition coefficient (Wildman–Crippen LogP) is 3.48. The number of rotatable bonds is 9. The SMILES string of the molecule is CC(=O)O[C@H]1[C@H](O[C@H]2CC[C@]34C[C@]35CC[C@]3(C)[C@@H]([C@H](C)CC/C=C(\C)CO)[C@@H](O)C[C@@]3(C)[C@@H]5C[C@H](O)[C@H]4C2(C)C)O[C@H](CO)[C@@H](O)[C@@H]1O. The molecule has 16 atom stereocenters. The monoisotopic (exact) mass is 678 g/mol. The van der Waals surface area contributed by atoms with Crippen molar-refractivity contribution in [2.45, 2.75) is 155 Å². The molecule has 1 saturated heterocycles. The number of aliphatic hydroxyl groups excluding tert-OH is 6. The van der Waals surface area contributed by atoms with Crippen molar-refractivity contribution < 1.29 is 49.6 Å². The van der Waals surface area contributed by atoms with Crippen LogP contribution in [0.15, 0.2) is 11.6 Å². The zero-order chi connectivity index (χ0) is 35.2. The first-order valence-electron chi connectivity index (χ1n) is 18.5. The third kappa shape index (κ3) is 5.21. The van der Waals surface area contributed by atoms with Gasteiger partial charge in [-0.15, -0.1) is 0 Å². The fraction of sp³-hybridized carbons (Fsp3) is 0.921. The molecule has 274 valence electrons. The molecule has 6 aliphatic rings. The summed E-state index contributed by atoms with van der Waals surface area (Å²) in [5, 5.41) is 64.5. The fourth-order valence-electron chi connectivity index (χ4n) is 13.2. The van der Waals surface area contributed by atoms with Crippen molar-refractivity contribution >= 4 is 5.97 Å². The molecule has 6 fully saturated rings. The lowest BCUT2D eigenvalue weighted by atomic mass is 9.41. The highest BCUT2D eigenvalue weighted by molar-refractivity contribution is 5.66. The van der Waals surface area contributed by atoms with Crippen molar-refractivity contribution in [3.63, 3.8) is 0 Å². The highest BCUT2D eigenvalue weighted by Gasteiger charge is 2.84. The summed E-state index contributed by atoms with van der Waals surface area (Å²) in [6.07, 6.45) is 2.49. The number of allylic oxidation sites excluding steroid dienone is 1. The van der Waals surface area contributed by atoms with E-state index in [2.05, 4.69) is 40.7 Å². The Labute approximate surface area is 286 Å². The average Bonchev–Trinajstić information content (AvgIpc) is 3.60. The van der Waals surface area contributed by atoms with Crippen molar-refractivity contribution in [3.05, 3.63) is 11.6 Å². The van der Waals surface area contributed by atoms with Gasteiger partial charge in [-0.2, -0.15) is 0 Å². The van der Waals surface area contributed by atoms with Gasteiger partial charge in [0.1, 0.15) is 18.3 Å². The molecule has 6 rings (SSSR count). The van der Waals surface area contributed by atoms with Gasteiger partial charge in [-0.3, -0.25) is 4.79 Å². The molecule has 6 N–H and O–H groups in total. The van der Waals surface area contributed by atoms with E-state index in [9.17, 15) is 35.4 Å². The highest BCUT2D eigenvalue weighted by Crippen LogP contribution is 2.89. The molecular formula is C38H62O10. The van der Waals surface area contributed by atoms with E-state index >= 15 is 0 Å².